The maximum Gasteiger partial charge on any atom is 0.254 e. The predicted molar refractivity (Wildman–Crippen MR) is 212 cm³/mol. The van der Waals surface area contributed by atoms with Crippen molar-refractivity contribution in [1.82, 2.24) is 30.2 Å². The Hall–Kier alpha value is -6.26. The molecule has 2 atom stereocenters. The van der Waals surface area contributed by atoms with Gasteiger partial charge in [-0.05, 0) is 73.6 Å². The molecule has 2 fully saturated rings. The summed E-state index contributed by atoms with van der Waals surface area (Å²) in [7, 11) is 7.16. The molecule has 6 aliphatic heterocycles. The number of amides is 6. The number of nitrogens with one attached hydrogen (secondary N) is 2. The molecule has 0 unspecified atom stereocenters. The minimum Gasteiger partial charge on any atom is -0.497 e. The van der Waals surface area contributed by atoms with Gasteiger partial charge in [0.15, 0.2) is 0 Å². The number of imide groups is 2. The second kappa shape index (κ2) is 14.8. The van der Waals surface area contributed by atoms with Crippen LogP contribution < -0.4 is 20.1 Å². The van der Waals surface area contributed by atoms with E-state index in [0.717, 1.165) is 66.3 Å². The van der Waals surface area contributed by atoms with Crippen molar-refractivity contribution in [1.29, 1.82) is 0 Å². The van der Waals surface area contributed by atoms with Crippen LogP contribution in [0.3, 0.4) is 0 Å². The zero-order valence-electron chi connectivity index (χ0n) is 34.0. The maximum absolute atomic E-state index is 13.1. The molecule has 2 saturated heterocycles. The molecule has 8 heterocycles. The van der Waals surface area contributed by atoms with Crippen molar-refractivity contribution in [3.63, 3.8) is 0 Å². The minimum absolute atomic E-state index is 0.0302. The molecular weight excluding hydrogens is 773 g/mol. The standard InChI is InChI=1S/2C22H23N3O5/c1-24-6-5-13-7-18(30-17(13)11-24)22(9-19(26)23-21(22)28)12-25-10-14-3-4-15(29-2)8-16(14)20(25)27;1-24-6-5-17-14(10-24)7-18(30-17)22(9-19(26)23-21(22)28)12-25-11-13-3-4-15(29-2)8-16(13)20(25)27/h2*3-4,7-8H,5-6,9-12H2,1-2H3,(H,23,26,28)/t2*22-/m11/s1. The van der Waals surface area contributed by atoms with Crippen molar-refractivity contribution >= 4 is 35.4 Å². The van der Waals surface area contributed by atoms with Crippen molar-refractivity contribution in [3.05, 3.63) is 105 Å². The van der Waals surface area contributed by atoms with Gasteiger partial charge in [-0.2, -0.15) is 0 Å². The van der Waals surface area contributed by atoms with E-state index in [1.54, 1.807) is 36.2 Å². The van der Waals surface area contributed by atoms with E-state index in [0.29, 0.717) is 53.8 Å². The van der Waals surface area contributed by atoms with Crippen LogP contribution in [0, 0.1) is 0 Å². The molecule has 6 amide bonds. The van der Waals surface area contributed by atoms with Gasteiger partial charge in [-0.25, -0.2) is 0 Å². The highest BCUT2D eigenvalue weighted by Crippen LogP contribution is 2.41. The molecule has 2 aromatic heterocycles. The quantitative estimate of drug-likeness (QED) is 0.248. The Balaban J connectivity index is 0.000000154. The fourth-order valence-electron chi connectivity index (χ4n) is 9.33. The predicted octanol–water partition coefficient (Wildman–Crippen LogP) is 2.43. The Morgan fingerprint density at radius 1 is 0.583 bits per heavy atom. The third kappa shape index (κ3) is 6.63. The first kappa shape index (κ1) is 39.2. The number of ether oxygens (including phenoxy) is 2. The molecule has 4 aromatic rings. The van der Waals surface area contributed by atoms with Gasteiger partial charge in [0.25, 0.3) is 11.8 Å². The van der Waals surface area contributed by atoms with Crippen LogP contribution in [0.15, 0.2) is 57.4 Å². The molecule has 2 N–H and O–H groups in total. The summed E-state index contributed by atoms with van der Waals surface area (Å²) in [5.41, 5.74) is 2.55. The zero-order chi connectivity index (χ0) is 42.1. The van der Waals surface area contributed by atoms with Gasteiger partial charge < -0.3 is 33.0 Å². The van der Waals surface area contributed by atoms with E-state index in [1.165, 1.54) is 0 Å². The SMILES string of the molecule is COc1ccc2c(c1)C(=O)N(C[C@@]1(c3cc4c(o3)CCN(C)C4)CC(=O)NC1=O)C2.COc1ccc2c(c1)C(=O)N(C[C@@]1(c3cc4c(o3)CN(C)CC4)CC(=O)NC1=O)C2. The molecule has 0 saturated carbocycles. The molecule has 0 aliphatic carbocycles. The molecule has 16 nitrogen and oxygen atoms in total. The zero-order valence-corrected chi connectivity index (χ0v) is 34.0. The van der Waals surface area contributed by atoms with E-state index >= 15 is 0 Å². The number of furan rings is 2. The van der Waals surface area contributed by atoms with Crippen LogP contribution in [0.4, 0.5) is 0 Å². The number of benzene rings is 2. The largest absolute Gasteiger partial charge is 0.497 e. The Kier molecular flexibility index (Phi) is 9.66. The Labute approximate surface area is 345 Å². The molecule has 2 aromatic carbocycles. The molecule has 16 heteroatoms. The minimum atomic E-state index is -1.21. The normalized spacial score (nSPS) is 23.5. The lowest BCUT2D eigenvalue weighted by atomic mass is 9.82. The summed E-state index contributed by atoms with van der Waals surface area (Å²) < 4.78 is 22.7. The molecule has 0 radical (unpaired) electrons. The first-order chi connectivity index (χ1) is 28.8. The number of rotatable bonds is 8. The lowest BCUT2D eigenvalue weighted by molar-refractivity contribution is -0.128. The number of carbonyl (C=O) groups is 6. The first-order valence-corrected chi connectivity index (χ1v) is 20.0. The Morgan fingerprint density at radius 2 is 1.07 bits per heavy atom. The van der Waals surface area contributed by atoms with E-state index in [9.17, 15) is 28.8 Å². The van der Waals surface area contributed by atoms with Crippen LogP contribution in [-0.4, -0.2) is 110 Å². The van der Waals surface area contributed by atoms with Crippen molar-refractivity contribution in [2.75, 3.05) is 54.5 Å². The summed E-state index contributed by atoms with van der Waals surface area (Å²) in [6.45, 7) is 4.11. The second-order valence-corrected chi connectivity index (χ2v) is 16.7. The van der Waals surface area contributed by atoms with Crippen LogP contribution >= 0.6 is 0 Å². The summed E-state index contributed by atoms with van der Waals surface area (Å²) >= 11 is 0. The van der Waals surface area contributed by atoms with E-state index in [2.05, 4.69) is 20.4 Å². The molecule has 60 heavy (non-hydrogen) atoms. The second-order valence-electron chi connectivity index (χ2n) is 16.7. The van der Waals surface area contributed by atoms with Gasteiger partial charge in [0.05, 0.1) is 33.6 Å². The van der Waals surface area contributed by atoms with E-state index in [1.807, 2.05) is 50.5 Å². The third-order valence-corrected chi connectivity index (χ3v) is 12.7. The lowest BCUT2D eigenvalue weighted by Crippen LogP contribution is -2.46. The summed E-state index contributed by atoms with van der Waals surface area (Å²) in [5.74, 6) is 1.96. The summed E-state index contributed by atoms with van der Waals surface area (Å²) in [6, 6.07) is 14.6. The monoisotopic (exact) mass is 818 g/mol. The first-order valence-electron chi connectivity index (χ1n) is 20.0. The fourth-order valence-corrected chi connectivity index (χ4v) is 9.33. The average molecular weight is 819 g/mol. The van der Waals surface area contributed by atoms with Crippen LogP contribution in [0.1, 0.15) is 78.9 Å². The van der Waals surface area contributed by atoms with Crippen LogP contribution in [0.25, 0.3) is 0 Å². The van der Waals surface area contributed by atoms with Gasteiger partial charge in [-0.1, -0.05) is 12.1 Å². The molecule has 10 rings (SSSR count). The summed E-state index contributed by atoms with van der Waals surface area (Å²) in [6.07, 6.45) is 1.52. The van der Waals surface area contributed by atoms with Crippen LogP contribution in [0.2, 0.25) is 0 Å². The van der Waals surface area contributed by atoms with E-state index in [-0.39, 0.29) is 49.6 Å². The van der Waals surface area contributed by atoms with Gasteiger partial charge in [-0.15, -0.1) is 0 Å². The molecule has 0 bridgehead atoms. The van der Waals surface area contributed by atoms with Crippen molar-refractivity contribution < 1.29 is 47.1 Å². The van der Waals surface area contributed by atoms with E-state index < -0.39 is 22.6 Å². The maximum atomic E-state index is 13.1. The van der Waals surface area contributed by atoms with Crippen LogP contribution in [0.5, 0.6) is 11.5 Å². The summed E-state index contributed by atoms with van der Waals surface area (Å²) in [5, 5.41) is 4.83. The number of hydrogen-bond donors (Lipinski definition) is 2. The highest BCUT2D eigenvalue weighted by atomic mass is 16.5. The number of fused-ring (bicyclic) bond motifs is 4. The van der Waals surface area contributed by atoms with Gasteiger partial charge in [-0.3, -0.25) is 44.3 Å². The van der Waals surface area contributed by atoms with Crippen molar-refractivity contribution in [2.24, 2.45) is 0 Å². The van der Waals surface area contributed by atoms with Gasteiger partial charge in [0.1, 0.15) is 45.4 Å². The number of hydrogen-bond acceptors (Lipinski definition) is 12. The molecule has 0 spiro atoms. The smallest absolute Gasteiger partial charge is 0.254 e. The van der Waals surface area contributed by atoms with Crippen molar-refractivity contribution in [2.45, 2.75) is 62.7 Å². The Morgan fingerprint density at radius 3 is 1.57 bits per heavy atom. The fraction of sp³-hybridized carbons (Fsp3) is 0.409. The number of carbonyl (C=O) groups excluding carboxylic acids is 6. The topological polar surface area (TPSA) is 184 Å². The average Bonchev–Trinajstić information content (AvgIpc) is 4.07. The van der Waals surface area contributed by atoms with E-state index in [4.69, 9.17) is 18.3 Å². The van der Waals surface area contributed by atoms with Gasteiger partial charge in [0.2, 0.25) is 23.6 Å². The van der Waals surface area contributed by atoms with Gasteiger partial charge in [0, 0.05) is 68.9 Å². The number of likely N-dealkylation sites (N-methyl/N-ethyl adjacent to an activating group) is 2. The number of nitrogens with zero attached hydrogens (tertiary/aromatic N) is 4. The van der Waals surface area contributed by atoms with Gasteiger partial charge >= 0.3 is 0 Å². The van der Waals surface area contributed by atoms with Crippen molar-refractivity contribution in [3.8, 4) is 11.5 Å². The highest BCUT2D eigenvalue weighted by Gasteiger charge is 2.55. The Bertz CT molecular complexity index is 2320. The molecule has 6 aliphatic rings. The third-order valence-electron chi connectivity index (χ3n) is 12.7. The lowest BCUT2D eigenvalue weighted by Gasteiger charge is -2.28. The summed E-state index contributed by atoms with van der Waals surface area (Å²) in [4.78, 5) is 84.1. The molecule has 312 valence electrons. The highest BCUT2D eigenvalue weighted by molar-refractivity contribution is 6.10. The number of methoxy groups -OCH3 is 2. The molecular formula is C44H46N6O10. The van der Waals surface area contributed by atoms with Crippen LogP contribution in [-0.2, 0) is 69.0 Å².